The number of hydrogen-bond donors (Lipinski definition) is 3. The molecule has 1 heterocycles. The molecule has 1 aromatic heterocycles. The van der Waals surface area contributed by atoms with E-state index < -0.39 is 11.9 Å². The van der Waals surface area contributed by atoms with E-state index in [2.05, 4.69) is 15.8 Å². The summed E-state index contributed by atoms with van der Waals surface area (Å²) in [6, 6.07) is 14.2. The van der Waals surface area contributed by atoms with Crippen LogP contribution in [0.2, 0.25) is 5.02 Å². The number of carbonyl (C=O) groups excluding carboxylic acids is 2. The zero-order valence-corrected chi connectivity index (χ0v) is 16.4. The van der Waals surface area contributed by atoms with Gasteiger partial charge in [-0.25, -0.2) is 10.2 Å². The third kappa shape index (κ3) is 5.12. The molecule has 0 fully saturated rings. The van der Waals surface area contributed by atoms with Crippen molar-refractivity contribution in [3.8, 4) is 11.3 Å². The predicted molar refractivity (Wildman–Crippen MR) is 112 cm³/mol. The van der Waals surface area contributed by atoms with Crippen LogP contribution in [0.4, 0.5) is 5.69 Å². The topological polar surface area (TPSA) is 121 Å². The van der Waals surface area contributed by atoms with Gasteiger partial charge in [-0.05, 0) is 42.5 Å². The van der Waals surface area contributed by atoms with Gasteiger partial charge in [0.2, 0.25) is 5.91 Å². The van der Waals surface area contributed by atoms with Crippen LogP contribution >= 0.6 is 11.6 Å². The Labute approximate surface area is 176 Å². The molecular weight excluding hydrogens is 410 g/mol. The second-order valence-corrected chi connectivity index (χ2v) is 6.57. The SMILES string of the molecule is CC(=O)Nc1cccc(C(=O)NN=Cc2ccc(-c3ccc(C(=O)O)c(Cl)c3)o2)c1. The number of nitrogens with one attached hydrogen (secondary N) is 2. The van der Waals surface area contributed by atoms with Crippen molar-refractivity contribution in [2.75, 3.05) is 5.32 Å². The third-order valence-electron chi connectivity index (χ3n) is 3.91. The summed E-state index contributed by atoms with van der Waals surface area (Å²) in [7, 11) is 0. The number of hydrazone groups is 1. The Morgan fingerprint density at radius 3 is 2.60 bits per heavy atom. The van der Waals surface area contributed by atoms with E-state index in [9.17, 15) is 14.4 Å². The van der Waals surface area contributed by atoms with Gasteiger partial charge in [0.25, 0.3) is 5.91 Å². The summed E-state index contributed by atoms with van der Waals surface area (Å²) in [5.41, 5.74) is 3.80. The quantitative estimate of drug-likeness (QED) is 0.407. The molecule has 0 saturated heterocycles. The lowest BCUT2D eigenvalue weighted by Crippen LogP contribution is -2.18. The highest BCUT2D eigenvalue weighted by Crippen LogP contribution is 2.27. The number of carboxylic acid groups (broad SMARTS) is 1. The number of carbonyl (C=O) groups is 3. The Morgan fingerprint density at radius 2 is 1.90 bits per heavy atom. The molecule has 152 valence electrons. The van der Waals surface area contributed by atoms with Crippen LogP contribution in [0.1, 0.15) is 33.4 Å². The average Bonchev–Trinajstić information content (AvgIpc) is 3.16. The maximum atomic E-state index is 12.2. The fraction of sp³-hybridized carbons (Fsp3) is 0.0476. The fourth-order valence-corrected chi connectivity index (χ4v) is 2.84. The van der Waals surface area contributed by atoms with Gasteiger partial charge >= 0.3 is 5.97 Å². The number of anilines is 1. The summed E-state index contributed by atoms with van der Waals surface area (Å²) in [6.45, 7) is 1.38. The minimum absolute atomic E-state index is 0.000886. The second kappa shape index (κ2) is 9.06. The number of furan rings is 1. The van der Waals surface area contributed by atoms with Crippen molar-refractivity contribution in [3.05, 3.63) is 76.5 Å². The molecule has 30 heavy (non-hydrogen) atoms. The Morgan fingerprint density at radius 1 is 1.10 bits per heavy atom. The van der Waals surface area contributed by atoms with Crippen LogP contribution in [0.15, 0.2) is 64.1 Å². The van der Waals surface area contributed by atoms with Crippen molar-refractivity contribution in [1.29, 1.82) is 0 Å². The lowest BCUT2D eigenvalue weighted by Gasteiger charge is -2.04. The van der Waals surface area contributed by atoms with Crippen LogP contribution < -0.4 is 10.7 Å². The Bertz CT molecular complexity index is 1150. The van der Waals surface area contributed by atoms with Gasteiger partial charge < -0.3 is 14.8 Å². The molecule has 0 radical (unpaired) electrons. The van der Waals surface area contributed by atoms with Crippen LogP contribution in [-0.4, -0.2) is 29.1 Å². The van der Waals surface area contributed by atoms with E-state index in [0.29, 0.717) is 28.3 Å². The molecule has 0 bridgehead atoms. The minimum atomic E-state index is -1.11. The molecule has 0 aliphatic carbocycles. The highest BCUT2D eigenvalue weighted by molar-refractivity contribution is 6.33. The van der Waals surface area contributed by atoms with E-state index in [1.165, 1.54) is 31.3 Å². The Kier molecular flexibility index (Phi) is 6.29. The molecule has 9 heteroatoms. The second-order valence-electron chi connectivity index (χ2n) is 6.16. The largest absolute Gasteiger partial charge is 0.478 e. The monoisotopic (exact) mass is 425 g/mol. The molecule has 2 aromatic carbocycles. The summed E-state index contributed by atoms with van der Waals surface area (Å²) < 4.78 is 5.62. The van der Waals surface area contributed by atoms with E-state index >= 15 is 0 Å². The van der Waals surface area contributed by atoms with Gasteiger partial charge in [-0.3, -0.25) is 9.59 Å². The molecule has 0 unspecified atom stereocenters. The number of rotatable bonds is 6. The number of hydrogen-bond acceptors (Lipinski definition) is 5. The Balaban J connectivity index is 1.66. The number of amides is 2. The highest BCUT2D eigenvalue weighted by atomic mass is 35.5. The summed E-state index contributed by atoms with van der Waals surface area (Å²) in [6.07, 6.45) is 1.33. The van der Waals surface area contributed by atoms with Crippen LogP contribution in [0, 0.1) is 0 Å². The first-order chi connectivity index (χ1) is 14.3. The lowest BCUT2D eigenvalue weighted by molar-refractivity contribution is -0.114. The number of nitrogens with zero attached hydrogens (tertiary/aromatic N) is 1. The lowest BCUT2D eigenvalue weighted by atomic mass is 10.1. The van der Waals surface area contributed by atoms with Gasteiger partial charge in [0.15, 0.2) is 0 Å². The average molecular weight is 426 g/mol. The first kappa shape index (κ1) is 20.8. The number of aromatic carboxylic acids is 1. The van der Waals surface area contributed by atoms with Gasteiger partial charge in [0.05, 0.1) is 16.8 Å². The van der Waals surface area contributed by atoms with Gasteiger partial charge in [-0.2, -0.15) is 5.10 Å². The van der Waals surface area contributed by atoms with E-state index in [0.717, 1.165) is 0 Å². The van der Waals surface area contributed by atoms with Gasteiger partial charge in [-0.15, -0.1) is 0 Å². The summed E-state index contributed by atoms with van der Waals surface area (Å²) in [4.78, 5) is 34.3. The Hall–Kier alpha value is -3.91. The van der Waals surface area contributed by atoms with Crippen molar-refractivity contribution in [2.24, 2.45) is 5.10 Å². The van der Waals surface area contributed by atoms with Crippen LogP contribution in [0.25, 0.3) is 11.3 Å². The molecule has 0 saturated carbocycles. The van der Waals surface area contributed by atoms with E-state index in [4.69, 9.17) is 21.1 Å². The first-order valence-electron chi connectivity index (χ1n) is 8.67. The van der Waals surface area contributed by atoms with Crippen molar-refractivity contribution in [2.45, 2.75) is 6.92 Å². The summed E-state index contributed by atoms with van der Waals surface area (Å²) in [5.74, 6) is -0.975. The summed E-state index contributed by atoms with van der Waals surface area (Å²) in [5, 5.41) is 15.6. The standard InChI is InChI=1S/C21H16ClN3O5/c1-12(26)24-15-4-2-3-14(9-15)20(27)25-23-11-16-6-8-19(30-16)13-5-7-17(21(28)29)18(22)10-13/h2-11H,1H3,(H,24,26)(H,25,27)(H,28,29). The first-order valence-corrected chi connectivity index (χ1v) is 9.05. The molecule has 3 N–H and O–H groups in total. The maximum Gasteiger partial charge on any atom is 0.337 e. The van der Waals surface area contributed by atoms with Gasteiger partial charge in [0, 0.05) is 23.7 Å². The number of benzene rings is 2. The molecule has 3 aromatic rings. The number of halogens is 1. The molecule has 8 nitrogen and oxygen atoms in total. The van der Waals surface area contributed by atoms with Crippen molar-refractivity contribution in [1.82, 2.24) is 5.43 Å². The molecule has 0 spiro atoms. The minimum Gasteiger partial charge on any atom is -0.478 e. The molecule has 0 aliphatic heterocycles. The van der Waals surface area contributed by atoms with Crippen LogP contribution in [-0.2, 0) is 4.79 Å². The third-order valence-corrected chi connectivity index (χ3v) is 4.23. The molecule has 2 amide bonds. The van der Waals surface area contributed by atoms with Gasteiger partial charge in [-0.1, -0.05) is 23.7 Å². The van der Waals surface area contributed by atoms with Crippen molar-refractivity contribution in [3.63, 3.8) is 0 Å². The van der Waals surface area contributed by atoms with E-state index in [1.807, 2.05) is 0 Å². The zero-order valence-electron chi connectivity index (χ0n) is 15.7. The summed E-state index contributed by atoms with van der Waals surface area (Å²) >= 11 is 5.98. The van der Waals surface area contributed by atoms with Crippen molar-refractivity contribution < 1.29 is 23.9 Å². The molecular formula is C21H16ClN3O5. The zero-order chi connectivity index (χ0) is 21.7. The molecule has 0 aliphatic rings. The van der Waals surface area contributed by atoms with Gasteiger partial charge in [0.1, 0.15) is 11.5 Å². The van der Waals surface area contributed by atoms with Crippen molar-refractivity contribution >= 4 is 41.3 Å². The molecule has 3 rings (SSSR count). The smallest absolute Gasteiger partial charge is 0.337 e. The normalized spacial score (nSPS) is 10.7. The van der Waals surface area contributed by atoms with E-state index in [1.54, 1.807) is 36.4 Å². The highest BCUT2D eigenvalue weighted by Gasteiger charge is 2.11. The maximum absolute atomic E-state index is 12.2. The van der Waals surface area contributed by atoms with E-state index in [-0.39, 0.29) is 16.5 Å². The van der Waals surface area contributed by atoms with Crippen LogP contribution in [0.3, 0.4) is 0 Å². The number of carboxylic acids is 1. The van der Waals surface area contributed by atoms with Crippen LogP contribution in [0.5, 0.6) is 0 Å². The predicted octanol–water partition coefficient (Wildman–Crippen LogP) is 4.02. The molecule has 0 atom stereocenters. The fourth-order valence-electron chi connectivity index (χ4n) is 2.58.